The third-order valence-corrected chi connectivity index (χ3v) is 5.69. The Balaban J connectivity index is 1.93. The van der Waals surface area contributed by atoms with Gasteiger partial charge in [-0.05, 0) is 31.4 Å². The molecule has 0 aliphatic heterocycles. The summed E-state index contributed by atoms with van der Waals surface area (Å²) >= 11 is 18.5. The monoisotopic (exact) mass is 459 g/mol. The number of hydrogen-bond donors (Lipinski definition) is 1. The van der Waals surface area contributed by atoms with E-state index in [9.17, 15) is 4.79 Å². The summed E-state index contributed by atoms with van der Waals surface area (Å²) in [4.78, 5) is 20.7. The molecule has 1 heterocycles. The standard InChI is InChI=1S/C20H21Cl3FN3O2/c1-3-8-20(24,13-7-6-12(21)9-14(13)22)10-25-18-15(23)16(19(28)29-2)26-17(27-18)11-4-5-11/h6-7,9,11H,3-5,8,10H2,1-2H3,(H,25,26,27). The molecular weight excluding hydrogens is 440 g/mol. The van der Waals surface area contributed by atoms with Crippen LogP contribution in [0.4, 0.5) is 10.2 Å². The normalized spacial score (nSPS) is 15.7. The molecule has 0 amide bonds. The fourth-order valence-electron chi connectivity index (χ4n) is 3.13. The number of rotatable bonds is 8. The van der Waals surface area contributed by atoms with Crippen molar-refractivity contribution in [3.05, 3.63) is 50.3 Å². The lowest BCUT2D eigenvalue weighted by atomic mass is 9.91. The van der Waals surface area contributed by atoms with Crippen LogP contribution in [-0.4, -0.2) is 29.6 Å². The highest BCUT2D eigenvalue weighted by Gasteiger charge is 2.35. The van der Waals surface area contributed by atoms with E-state index in [1.165, 1.54) is 13.2 Å². The SMILES string of the molecule is CCCC(F)(CNc1nc(C2CC2)nc(C(=O)OC)c1Cl)c1ccc(Cl)cc1Cl. The fourth-order valence-corrected chi connectivity index (χ4v) is 3.94. The van der Waals surface area contributed by atoms with Crippen molar-refractivity contribution in [1.82, 2.24) is 9.97 Å². The number of hydrogen-bond acceptors (Lipinski definition) is 5. The molecule has 0 bridgehead atoms. The number of carbonyl (C=O) groups is 1. The van der Waals surface area contributed by atoms with Crippen molar-refractivity contribution < 1.29 is 13.9 Å². The highest BCUT2D eigenvalue weighted by atomic mass is 35.5. The van der Waals surface area contributed by atoms with E-state index in [1.807, 2.05) is 6.92 Å². The van der Waals surface area contributed by atoms with Gasteiger partial charge in [0.2, 0.25) is 0 Å². The summed E-state index contributed by atoms with van der Waals surface area (Å²) < 4.78 is 20.7. The van der Waals surface area contributed by atoms with Gasteiger partial charge in [-0.25, -0.2) is 19.2 Å². The molecule has 5 nitrogen and oxygen atoms in total. The van der Waals surface area contributed by atoms with Gasteiger partial charge in [-0.3, -0.25) is 0 Å². The van der Waals surface area contributed by atoms with E-state index >= 15 is 4.39 Å². The van der Waals surface area contributed by atoms with E-state index in [2.05, 4.69) is 15.3 Å². The average Bonchev–Trinajstić information content (AvgIpc) is 3.52. The van der Waals surface area contributed by atoms with Gasteiger partial charge in [0.15, 0.2) is 11.4 Å². The summed E-state index contributed by atoms with van der Waals surface area (Å²) in [5, 5.41) is 3.65. The number of anilines is 1. The summed E-state index contributed by atoms with van der Waals surface area (Å²) in [5.74, 6) is 0.213. The third kappa shape index (κ3) is 4.93. The van der Waals surface area contributed by atoms with Gasteiger partial charge in [0.1, 0.15) is 16.7 Å². The number of nitrogens with one attached hydrogen (secondary N) is 1. The van der Waals surface area contributed by atoms with Crippen molar-refractivity contribution in [3.8, 4) is 0 Å². The Labute approximate surface area is 183 Å². The second-order valence-corrected chi connectivity index (χ2v) is 8.27. The molecule has 1 aromatic heterocycles. The van der Waals surface area contributed by atoms with Crippen LogP contribution < -0.4 is 5.32 Å². The van der Waals surface area contributed by atoms with Crippen LogP contribution in [0.15, 0.2) is 18.2 Å². The van der Waals surface area contributed by atoms with Gasteiger partial charge in [0.25, 0.3) is 0 Å². The van der Waals surface area contributed by atoms with Gasteiger partial charge in [0, 0.05) is 21.5 Å². The number of halogens is 4. The third-order valence-electron chi connectivity index (χ3n) is 4.79. The Morgan fingerprint density at radius 2 is 2.03 bits per heavy atom. The van der Waals surface area contributed by atoms with E-state index in [-0.39, 0.29) is 40.4 Å². The number of benzene rings is 1. The molecular formula is C20H21Cl3FN3O2. The minimum absolute atomic E-state index is 0.00213. The number of aromatic nitrogens is 2. The maximum atomic E-state index is 16.0. The van der Waals surface area contributed by atoms with E-state index < -0.39 is 11.6 Å². The number of nitrogens with zero attached hydrogens (tertiary/aromatic N) is 2. The van der Waals surface area contributed by atoms with Crippen molar-refractivity contribution in [2.24, 2.45) is 0 Å². The zero-order valence-electron chi connectivity index (χ0n) is 16.1. The Hall–Kier alpha value is -1.63. The van der Waals surface area contributed by atoms with Crippen molar-refractivity contribution in [1.29, 1.82) is 0 Å². The molecule has 1 saturated carbocycles. The molecule has 1 aromatic carbocycles. The second-order valence-electron chi connectivity index (χ2n) is 7.05. The lowest BCUT2D eigenvalue weighted by Gasteiger charge is -2.27. The summed E-state index contributed by atoms with van der Waals surface area (Å²) in [5.41, 5.74) is -1.48. The number of carbonyl (C=O) groups excluding carboxylic acids is 1. The number of alkyl halides is 1. The minimum atomic E-state index is -1.78. The van der Waals surface area contributed by atoms with Crippen molar-refractivity contribution in [3.63, 3.8) is 0 Å². The van der Waals surface area contributed by atoms with Crippen molar-refractivity contribution >= 4 is 46.6 Å². The Kier molecular flexibility index (Phi) is 6.87. The Morgan fingerprint density at radius 1 is 1.31 bits per heavy atom. The molecule has 2 aromatic rings. The van der Waals surface area contributed by atoms with Gasteiger partial charge >= 0.3 is 5.97 Å². The van der Waals surface area contributed by atoms with Gasteiger partial charge in [-0.2, -0.15) is 0 Å². The topological polar surface area (TPSA) is 64.1 Å². The molecule has 1 fully saturated rings. The molecule has 1 aliphatic rings. The first-order valence-electron chi connectivity index (χ1n) is 9.33. The molecule has 29 heavy (non-hydrogen) atoms. The van der Waals surface area contributed by atoms with Crippen molar-refractivity contribution in [2.45, 2.75) is 44.2 Å². The molecule has 0 radical (unpaired) electrons. The molecule has 0 saturated heterocycles. The molecule has 156 valence electrons. The largest absolute Gasteiger partial charge is 0.464 e. The second kappa shape index (κ2) is 9.02. The van der Waals surface area contributed by atoms with Crippen LogP contribution in [0, 0.1) is 0 Å². The maximum Gasteiger partial charge on any atom is 0.358 e. The highest BCUT2D eigenvalue weighted by Crippen LogP contribution is 2.41. The molecule has 1 N–H and O–H groups in total. The molecule has 0 spiro atoms. The van der Waals surface area contributed by atoms with Crippen LogP contribution in [0.2, 0.25) is 15.1 Å². The molecule has 3 rings (SSSR count). The van der Waals surface area contributed by atoms with E-state index in [4.69, 9.17) is 39.5 Å². The predicted molar refractivity (Wildman–Crippen MR) is 113 cm³/mol. The quantitative estimate of drug-likeness (QED) is 0.477. The van der Waals surface area contributed by atoms with Crippen LogP contribution >= 0.6 is 34.8 Å². The molecule has 1 atom stereocenters. The zero-order chi connectivity index (χ0) is 21.2. The average molecular weight is 461 g/mol. The summed E-state index contributed by atoms with van der Waals surface area (Å²) in [6.45, 7) is 1.75. The lowest BCUT2D eigenvalue weighted by molar-refractivity contribution is 0.0593. The molecule has 1 aliphatic carbocycles. The number of esters is 1. The van der Waals surface area contributed by atoms with Crippen LogP contribution in [-0.2, 0) is 10.4 Å². The first-order valence-corrected chi connectivity index (χ1v) is 10.5. The van der Waals surface area contributed by atoms with Gasteiger partial charge in [-0.15, -0.1) is 0 Å². The maximum absolute atomic E-state index is 16.0. The summed E-state index contributed by atoms with van der Waals surface area (Å²) in [6.07, 6.45) is 2.69. The minimum Gasteiger partial charge on any atom is -0.464 e. The van der Waals surface area contributed by atoms with Crippen molar-refractivity contribution in [2.75, 3.05) is 19.0 Å². The lowest BCUT2D eigenvalue weighted by Crippen LogP contribution is -2.30. The van der Waals surface area contributed by atoms with E-state index in [1.54, 1.807) is 12.1 Å². The first-order chi connectivity index (χ1) is 13.8. The van der Waals surface area contributed by atoms with Crippen LogP contribution in [0.25, 0.3) is 0 Å². The number of ether oxygens (including phenoxy) is 1. The summed E-state index contributed by atoms with van der Waals surface area (Å²) in [7, 11) is 1.25. The van der Waals surface area contributed by atoms with Gasteiger partial charge < -0.3 is 10.1 Å². The fraction of sp³-hybridized carbons (Fsp3) is 0.450. The van der Waals surface area contributed by atoms with Crippen LogP contribution in [0.1, 0.15) is 60.4 Å². The first kappa shape index (κ1) is 22.1. The van der Waals surface area contributed by atoms with Gasteiger partial charge in [-0.1, -0.05) is 54.2 Å². The van der Waals surface area contributed by atoms with Crippen LogP contribution in [0.3, 0.4) is 0 Å². The van der Waals surface area contributed by atoms with Crippen LogP contribution in [0.5, 0.6) is 0 Å². The Bertz CT molecular complexity index is 924. The number of methoxy groups -OCH3 is 1. The zero-order valence-corrected chi connectivity index (χ0v) is 18.3. The smallest absolute Gasteiger partial charge is 0.358 e. The Morgan fingerprint density at radius 3 is 2.62 bits per heavy atom. The van der Waals surface area contributed by atoms with E-state index in [0.717, 1.165) is 12.8 Å². The van der Waals surface area contributed by atoms with E-state index in [0.29, 0.717) is 22.8 Å². The van der Waals surface area contributed by atoms with Gasteiger partial charge in [0.05, 0.1) is 13.7 Å². The highest BCUT2D eigenvalue weighted by molar-refractivity contribution is 6.36. The summed E-state index contributed by atoms with van der Waals surface area (Å²) in [6, 6.07) is 4.70. The molecule has 9 heteroatoms. The molecule has 1 unspecified atom stereocenters. The predicted octanol–water partition coefficient (Wildman–Crippen LogP) is 6.18.